The van der Waals surface area contributed by atoms with Gasteiger partial charge in [0.05, 0.1) is 6.33 Å². The molecule has 0 unspecified atom stereocenters. The zero-order valence-electron chi connectivity index (χ0n) is 15.2. The summed E-state index contributed by atoms with van der Waals surface area (Å²) in [5.41, 5.74) is 0.865. The normalized spacial score (nSPS) is 23.7. The standard InChI is InChI=1S/C10H14N5O6P.2Na.2H/c11-8-7-9(13-2-12-7)14-3-15(8)6-1-5(16)10(21-6)20-4-22(17,18)19;;;;/h2-3,5-6,10-11,16H,1,4H2,(H,12,13)(H2,17,18,19);;;;/q;2*+1;2*-1/t5-,6+,10-;;;;/m0..../s1. The fourth-order valence-electron chi connectivity index (χ4n) is 2.20. The van der Waals surface area contributed by atoms with Crippen molar-refractivity contribution in [3.05, 3.63) is 18.1 Å². The largest absolute Gasteiger partial charge is 1.00 e. The summed E-state index contributed by atoms with van der Waals surface area (Å²) < 4.78 is 22.5. The number of aromatic amines is 1. The summed E-state index contributed by atoms with van der Waals surface area (Å²) in [5.74, 6) is 0. The average Bonchev–Trinajstić information content (AvgIpc) is 3.03. The van der Waals surface area contributed by atoms with Crippen LogP contribution in [0.15, 0.2) is 12.7 Å². The second-order valence-corrected chi connectivity index (χ2v) is 6.41. The van der Waals surface area contributed by atoms with Crippen molar-refractivity contribution >= 4 is 18.8 Å². The summed E-state index contributed by atoms with van der Waals surface area (Å²) in [5, 5.41) is 17.9. The first-order valence-electron chi connectivity index (χ1n) is 6.29. The predicted molar refractivity (Wildman–Crippen MR) is 72.5 cm³/mol. The zero-order valence-corrected chi connectivity index (χ0v) is 18.1. The number of fused-ring (bicyclic) bond motifs is 1. The summed E-state index contributed by atoms with van der Waals surface area (Å²) in [4.78, 5) is 28.3. The van der Waals surface area contributed by atoms with Crippen molar-refractivity contribution in [3.63, 3.8) is 0 Å². The first-order chi connectivity index (χ1) is 10.3. The zero-order chi connectivity index (χ0) is 15.9. The van der Waals surface area contributed by atoms with Gasteiger partial charge in [-0.2, -0.15) is 0 Å². The van der Waals surface area contributed by atoms with E-state index in [0.29, 0.717) is 11.2 Å². The molecule has 1 aliphatic rings. The van der Waals surface area contributed by atoms with Gasteiger partial charge in [0.25, 0.3) is 0 Å². The van der Waals surface area contributed by atoms with Gasteiger partial charge in [0, 0.05) is 6.42 Å². The molecule has 24 heavy (non-hydrogen) atoms. The molecule has 0 amide bonds. The van der Waals surface area contributed by atoms with E-state index >= 15 is 0 Å². The summed E-state index contributed by atoms with van der Waals surface area (Å²) in [7, 11) is -4.35. The third-order valence-corrected chi connectivity index (χ3v) is 3.67. The van der Waals surface area contributed by atoms with Gasteiger partial charge >= 0.3 is 66.7 Å². The number of hydrogen-bond acceptors (Lipinski definition) is 7. The molecule has 0 aromatic carbocycles. The van der Waals surface area contributed by atoms with Crippen molar-refractivity contribution in [2.24, 2.45) is 0 Å². The molecule has 5 N–H and O–H groups in total. The summed E-state index contributed by atoms with van der Waals surface area (Å²) in [6.45, 7) is 0. The minimum absolute atomic E-state index is 0. The quantitative estimate of drug-likeness (QED) is 0.258. The van der Waals surface area contributed by atoms with E-state index in [0.717, 1.165) is 0 Å². The Balaban J connectivity index is 0. The molecule has 0 saturated carbocycles. The Morgan fingerprint density at radius 1 is 1.50 bits per heavy atom. The number of rotatable bonds is 4. The molecule has 0 radical (unpaired) electrons. The van der Waals surface area contributed by atoms with Crippen molar-refractivity contribution in [2.75, 3.05) is 6.35 Å². The number of imidazole rings is 1. The molecule has 3 rings (SSSR count). The molecule has 3 heterocycles. The maximum atomic E-state index is 10.8. The Kier molecular flexibility index (Phi) is 8.27. The van der Waals surface area contributed by atoms with E-state index in [1.807, 2.05) is 0 Å². The van der Waals surface area contributed by atoms with Gasteiger partial charge < -0.3 is 32.2 Å². The summed E-state index contributed by atoms with van der Waals surface area (Å²) in [6.07, 6.45) is -0.959. The topological polar surface area (TPSA) is 167 Å². The van der Waals surface area contributed by atoms with E-state index in [1.165, 1.54) is 17.2 Å². The van der Waals surface area contributed by atoms with Crippen molar-refractivity contribution in [1.29, 1.82) is 5.41 Å². The number of aliphatic hydroxyl groups excluding tert-OH is 1. The van der Waals surface area contributed by atoms with Crippen molar-refractivity contribution in [3.8, 4) is 0 Å². The van der Waals surface area contributed by atoms with E-state index in [-0.39, 0.29) is 73.9 Å². The van der Waals surface area contributed by atoms with Crippen LogP contribution in [0.3, 0.4) is 0 Å². The fraction of sp³-hybridized carbons (Fsp3) is 0.500. The molecule has 2 aromatic rings. The molecular weight excluding hydrogens is 363 g/mol. The molecule has 1 saturated heterocycles. The van der Waals surface area contributed by atoms with Crippen LogP contribution in [-0.4, -0.2) is 53.2 Å². The third kappa shape index (κ3) is 4.97. The molecule has 1 aliphatic heterocycles. The van der Waals surface area contributed by atoms with Crippen molar-refractivity contribution < 1.29 is 90.9 Å². The smallest absolute Gasteiger partial charge is 1.00 e. The summed E-state index contributed by atoms with van der Waals surface area (Å²) >= 11 is 0. The SMILES string of the molecule is N=c1c2[nH]cnc2ncn1[C@H]1C[C@H](O)[C@@H](OCP(=O)(O)O)O1.[H-].[H-].[Na+].[Na+]. The van der Waals surface area contributed by atoms with Crippen LogP contribution < -0.4 is 64.6 Å². The van der Waals surface area contributed by atoms with Crippen LogP contribution in [0.1, 0.15) is 15.5 Å². The molecule has 11 nitrogen and oxygen atoms in total. The van der Waals surface area contributed by atoms with Crippen LogP contribution >= 0.6 is 7.60 Å². The maximum Gasteiger partial charge on any atom is 1.00 e. The Labute approximate surface area is 183 Å². The predicted octanol–water partition coefficient (Wildman–Crippen LogP) is -6.77. The average molecular weight is 379 g/mol. The van der Waals surface area contributed by atoms with Gasteiger partial charge in [-0.3, -0.25) is 14.5 Å². The minimum atomic E-state index is -4.35. The van der Waals surface area contributed by atoms with Crippen LogP contribution in [0.4, 0.5) is 0 Å². The second kappa shape index (κ2) is 8.85. The van der Waals surface area contributed by atoms with Gasteiger partial charge in [-0.25, -0.2) is 9.97 Å². The van der Waals surface area contributed by atoms with Crippen LogP contribution in [0, 0.1) is 5.41 Å². The van der Waals surface area contributed by atoms with E-state index in [1.54, 1.807) is 0 Å². The Morgan fingerprint density at radius 3 is 2.88 bits per heavy atom. The van der Waals surface area contributed by atoms with Crippen molar-refractivity contribution in [2.45, 2.75) is 25.0 Å². The second-order valence-electron chi connectivity index (χ2n) is 4.82. The number of nitrogens with one attached hydrogen (secondary N) is 2. The maximum absolute atomic E-state index is 10.8. The fourth-order valence-corrected chi connectivity index (χ4v) is 2.54. The van der Waals surface area contributed by atoms with Gasteiger partial charge in [0.15, 0.2) is 23.8 Å². The number of aromatic nitrogens is 4. The van der Waals surface area contributed by atoms with Gasteiger partial charge in [-0.05, 0) is 0 Å². The van der Waals surface area contributed by atoms with Gasteiger partial charge in [-0.15, -0.1) is 0 Å². The molecule has 0 bridgehead atoms. The van der Waals surface area contributed by atoms with E-state index in [4.69, 9.17) is 24.7 Å². The number of ether oxygens (including phenoxy) is 2. The van der Waals surface area contributed by atoms with Crippen LogP contribution in [0.2, 0.25) is 0 Å². The van der Waals surface area contributed by atoms with Crippen LogP contribution in [0.25, 0.3) is 11.2 Å². The van der Waals surface area contributed by atoms with E-state index < -0.39 is 32.6 Å². The van der Waals surface area contributed by atoms with E-state index in [2.05, 4.69) is 15.0 Å². The first-order valence-corrected chi connectivity index (χ1v) is 8.09. The molecule has 0 aliphatic carbocycles. The Hall–Kier alpha value is 0.380. The van der Waals surface area contributed by atoms with Crippen LogP contribution in [-0.2, 0) is 14.0 Å². The minimum Gasteiger partial charge on any atom is -1.00 e. The third-order valence-electron chi connectivity index (χ3n) is 3.18. The molecule has 0 spiro atoms. The van der Waals surface area contributed by atoms with E-state index in [9.17, 15) is 9.67 Å². The summed E-state index contributed by atoms with van der Waals surface area (Å²) in [6, 6.07) is 0. The van der Waals surface area contributed by atoms with Gasteiger partial charge in [0.1, 0.15) is 24.2 Å². The van der Waals surface area contributed by atoms with Crippen LogP contribution in [0.5, 0.6) is 0 Å². The monoisotopic (exact) mass is 379 g/mol. The molecule has 14 heteroatoms. The molecule has 2 aromatic heterocycles. The Bertz CT molecular complexity index is 804. The number of nitrogens with zero attached hydrogens (tertiary/aromatic N) is 3. The number of aliphatic hydroxyl groups is 1. The first kappa shape index (κ1) is 22.4. The van der Waals surface area contributed by atoms with Crippen molar-refractivity contribution in [1.82, 2.24) is 19.5 Å². The number of H-pyrrole nitrogens is 1. The van der Waals surface area contributed by atoms with Gasteiger partial charge in [-0.1, -0.05) is 0 Å². The molecule has 1 fully saturated rings. The molecule has 124 valence electrons. The molecule has 3 atom stereocenters. The van der Waals surface area contributed by atoms with Gasteiger partial charge in [0.2, 0.25) is 0 Å². The number of hydrogen-bond donors (Lipinski definition) is 5. The Morgan fingerprint density at radius 2 is 2.21 bits per heavy atom. The molecular formula is C10H16N5Na2O6P.